The third kappa shape index (κ3) is 1.60. The van der Waals surface area contributed by atoms with E-state index >= 15 is 0 Å². The number of thioether (sulfide) groups is 1. The summed E-state index contributed by atoms with van der Waals surface area (Å²) in [6, 6.07) is 7.62. The quantitative estimate of drug-likeness (QED) is 0.616. The molecule has 1 aromatic carbocycles. The molecule has 92 valence electrons. The Bertz CT molecular complexity index is 636. The first-order valence-corrected chi connectivity index (χ1v) is 6.61. The summed E-state index contributed by atoms with van der Waals surface area (Å²) < 4.78 is 1.70. The molecule has 0 amide bonds. The Balaban J connectivity index is 2.25. The number of aryl methyl sites for hydroxylation is 1. The summed E-state index contributed by atoms with van der Waals surface area (Å²) in [6.07, 6.45) is 0. The Morgan fingerprint density at radius 3 is 2.94 bits per heavy atom. The van der Waals surface area contributed by atoms with Crippen molar-refractivity contribution in [2.45, 2.75) is 18.6 Å². The van der Waals surface area contributed by atoms with Crippen molar-refractivity contribution in [3.63, 3.8) is 0 Å². The van der Waals surface area contributed by atoms with Crippen molar-refractivity contribution >= 4 is 17.6 Å². The van der Waals surface area contributed by atoms with Gasteiger partial charge in [-0.2, -0.15) is 9.55 Å². The van der Waals surface area contributed by atoms with Crippen LogP contribution >= 0.6 is 11.8 Å². The summed E-state index contributed by atoms with van der Waals surface area (Å²) >= 11 is 1.57. The van der Waals surface area contributed by atoms with Crippen LogP contribution in [0.25, 0.3) is 11.3 Å². The van der Waals surface area contributed by atoms with E-state index in [1.54, 1.807) is 16.3 Å². The number of imidazole rings is 1. The second kappa shape index (κ2) is 4.13. The average molecular weight is 261 g/mol. The van der Waals surface area contributed by atoms with Crippen molar-refractivity contribution in [2.75, 3.05) is 5.75 Å². The monoisotopic (exact) mass is 261 g/mol. The van der Waals surface area contributed by atoms with E-state index < -0.39 is 0 Å². The van der Waals surface area contributed by atoms with Crippen LogP contribution in [-0.2, 0) is 6.54 Å². The van der Waals surface area contributed by atoms with Crippen molar-refractivity contribution in [1.82, 2.24) is 9.55 Å². The zero-order chi connectivity index (χ0) is 12.7. The fourth-order valence-electron chi connectivity index (χ4n) is 2.17. The first-order chi connectivity index (χ1) is 8.68. The lowest BCUT2D eigenvalue weighted by Crippen LogP contribution is -2.01. The van der Waals surface area contributed by atoms with Gasteiger partial charge in [0.1, 0.15) is 6.54 Å². The number of hydrogen-bond donors (Lipinski definition) is 0. The van der Waals surface area contributed by atoms with Crippen LogP contribution in [0, 0.1) is 17.0 Å². The van der Waals surface area contributed by atoms with E-state index in [2.05, 4.69) is 4.98 Å². The molecular formula is C12H11N3O2S. The molecule has 0 aliphatic carbocycles. The molecule has 1 aromatic heterocycles. The summed E-state index contributed by atoms with van der Waals surface area (Å²) in [4.78, 5) is 15.4. The third-order valence-corrected chi connectivity index (χ3v) is 3.98. The topological polar surface area (TPSA) is 61.0 Å². The largest absolute Gasteiger partial charge is 0.358 e. The van der Waals surface area contributed by atoms with Gasteiger partial charge in [-0.25, -0.2) is 0 Å². The van der Waals surface area contributed by atoms with Crippen LogP contribution in [0.4, 0.5) is 5.82 Å². The molecule has 1 aliphatic heterocycles. The van der Waals surface area contributed by atoms with E-state index in [9.17, 15) is 10.1 Å². The minimum absolute atomic E-state index is 0.115. The highest BCUT2D eigenvalue weighted by Crippen LogP contribution is 2.38. The van der Waals surface area contributed by atoms with E-state index in [1.807, 2.05) is 31.2 Å². The van der Waals surface area contributed by atoms with Crippen LogP contribution in [0.5, 0.6) is 0 Å². The molecule has 2 aromatic rings. The average Bonchev–Trinajstić information content (AvgIpc) is 2.88. The summed E-state index contributed by atoms with van der Waals surface area (Å²) in [6.45, 7) is 2.60. The Labute approximate surface area is 108 Å². The lowest BCUT2D eigenvalue weighted by molar-refractivity contribution is -0.391. The highest BCUT2D eigenvalue weighted by molar-refractivity contribution is 7.99. The second-order valence-electron chi connectivity index (χ2n) is 4.14. The van der Waals surface area contributed by atoms with Crippen LogP contribution in [-0.4, -0.2) is 20.2 Å². The number of aromatic nitrogens is 2. The molecular weight excluding hydrogens is 250 g/mol. The van der Waals surface area contributed by atoms with Crippen LogP contribution in [0.2, 0.25) is 0 Å². The standard InChI is InChI=1S/C12H11N3O2S/c1-8-4-2-3-5-9(8)10-11(15(16)17)14-6-7-18-12(14)13-10/h2-5H,6-7H2,1H3. The van der Waals surface area contributed by atoms with Crippen LogP contribution in [0.3, 0.4) is 0 Å². The van der Waals surface area contributed by atoms with Gasteiger partial charge in [-0.05, 0) is 17.4 Å². The van der Waals surface area contributed by atoms with Crippen molar-refractivity contribution in [2.24, 2.45) is 0 Å². The van der Waals surface area contributed by atoms with Gasteiger partial charge < -0.3 is 10.1 Å². The molecule has 6 heteroatoms. The van der Waals surface area contributed by atoms with E-state index in [0.717, 1.165) is 22.0 Å². The molecule has 0 spiro atoms. The van der Waals surface area contributed by atoms with E-state index in [0.29, 0.717) is 12.2 Å². The molecule has 1 aliphatic rings. The minimum Gasteiger partial charge on any atom is -0.358 e. The van der Waals surface area contributed by atoms with E-state index in [1.165, 1.54) is 0 Å². The van der Waals surface area contributed by atoms with Crippen LogP contribution in [0.1, 0.15) is 5.56 Å². The zero-order valence-corrected chi connectivity index (χ0v) is 10.6. The third-order valence-electron chi connectivity index (χ3n) is 3.03. The van der Waals surface area contributed by atoms with Gasteiger partial charge in [0.05, 0.1) is 0 Å². The molecule has 5 nitrogen and oxygen atoms in total. The Kier molecular flexibility index (Phi) is 2.59. The fraction of sp³-hybridized carbons (Fsp3) is 0.250. The van der Waals surface area contributed by atoms with Gasteiger partial charge in [-0.3, -0.25) is 0 Å². The van der Waals surface area contributed by atoms with Gasteiger partial charge in [-0.1, -0.05) is 36.0 Å². The zero-order valence-electron chi connectivity index (χ0n) is 9.79. The van der Waals surface area contributed by atoms with Gasteiger partial charge in [0, 0.05) is 11.3 Å². The van der Waals surface area contributed by atoms with E-state index in [-0.39, 0.29) is 10.7 Å². The number of nitro groups is 1. The smallest absolute Gasteiger partial charge is 0.351 e. The molecule has 0 atom stereocenters. The van der Waals surface area contributed by atoms with Crippen molar-refractivity contribution in [3.8, 4) is 11.3 Å². The Morgan fingerprint density at radius 1 is 1.44 bits per heavy atom. The minimum atomic E-state index is -0.329. The van der Waals surface area contributed by atoms with Gasteiger partial charge >= 0.3 is 5.82 Å². The van der Waals surface area contributed by atoms with Crippen molar-refractivity contribution in [1.29, 1.82) is 0 Å². The molecule has 18 heavy (non-hydrogen) atoms. The molecule has 0 bridgehead atoms. The van der Waals surface area contributed by atoms with Gasteiger partial charge in [0.15, 0.2) is 5.69 Å². The highest BCUT2D eigenvalue weighted by atomic mass is 32.2. The molecule has 0 radical (unpaired) electrons. The van der Waals surface area contributed by atoms with Crippen LogP contribution in [0.15, 0.2) is 29.4 Å². The number of benzene rings is 1. The van der Waals surface area contributed by atoms with Gasteiger partial charge in [0.25, 0.3) is 5.16 Å². The molecule has 0 N–H and O–H groups in total. The maximum absolute atomic E-state index is 11.3. The highest BCUT2D eigenvalue weighted by Gasteiger charge is 2.32. The predicted octanol–water partition coefficient (Wildman–Crippen LogP) is 2.87. The first-order valence-electron chi connectivity index (χ1n) is 5.62. The summed E-state index contributed by atoms with van der Waals surface area (Å²) in [5.41, 5.74) is 2.33. The summed E-state index contributed by atoms with van der Waals surface area (Å²) in [7, 11) is 0. The normalized spacial score (nSPS) is 13.6. The maximum atomic E-state index is 11.3. The number of nitrogens with zero attached hydrogens (tertiary/aromatic N) is 3. The second-order valence-corrected chi connectivity index (χ2v) is 5.20. The molecule has 0 fully saturated rings. The Hall–Kier alpha value is -1.82. The Morgan fingerprint density at radius 2 is 2.22 bits per heavy atom. The molecule has 3 rings (SSSR count). The summed E-state index contributed by atoms with van der Waals surface area (Å²) in [5, 5.41) is 12.0. The lowest BCUT2D eigenvalue weighted by atomic mass is 10.1. The van der Waals surface area contributed by atoms with Crippen LogP contribution < -0.4 is 0 Å². The maximum Gasteiger partial charge on any atom is 0.351 e. The molecule has 2 heterocycles. The lowest BCUT2D eigenvalue weighted by Gasteiger charge is -2.03. The SMILES string of the molecule is Cc1ccccc1-c1nc2n(c1[N+](=O)[O-])CCS2. The predicted molar refractivity (Wildman–Crippen MR) is 69.8 cm³/mol. The van der Waals surface area contributed by atoms with Gasteiger partial charge in [0.2, 0.25) is 0 Å². The van der Waals surface area contributed by atoms with E-state index in [4.69, 9.17) is 0 Å². The van der Waals surface area contributed by atoms with Crippen molar-refractivity contribution in [3.05, 3.63) is 39.9 Å². The number of hydrogen-bond acceptors (Lipinski definition) is 4. The molecule has 0 saturated carbocycles. The van der Waals surface area contributed by atoms with Crippen molar-refractivity contribution < 1.29 is 4.92 Å². The molecule has 0 unspecified atom stereocenters. The first kappa shape index (κ1) is 11.3. The molecule has 0 saturated heterocycles. The fourth-order valence-corrected chi connectivity index (χ4v) is 3.11. The summed E-state index contributed by atoms with van der Waals surface area (Å²) in [5.74, 6) is 0.973. The number of fused-ring (bicyclic) bond motifs is 1. The van der Waals surface area contributed by atoms with Gasteiger partial charge in [-0.15, -0.1) is 0 Å². The number of rotatable bonds is 2.